The number of benzene rings is 2. The number of carboxylic acid groups (broad SMARTS) is 1. The van der Waals surface area contributed by atoms with E-state index in [4.69, 9.17) is 9.47 Å². The van der Waals surface area contributed by atoms with Crippen molar-refractivity contribution in [1.29, 1.82) is 0 Å². The summed E-state index contributed by atoms with van der Waals surface area (Å²) < 4.78 is 13.2. The predicted molar refractivity (Wildman–Crippen MR) is 147 cm³/mol. The number of piperidine rings is 1. The van der Waals surface area contributed by atoms with Gasteiger partial charge >= 0.3 is 6.09 Å². The normalized spacial score (nSPS) is 19.9. The molecule has 1 amide bonds. The second-order valence-electron chi connectivity index (χ2n) is 11.4. The highest BCUT2D eigenvalue weighted by atomic mass is 16.6. The summed E-state index contributed by atoms with van der Waals surface area (Å²) >= 11 is 0. The second-order valence-corrected chi connectivity index (χ2v) is 11.4. The van der Waals surface area contributed by atoms with Crippen molar-refractivity contribution in [3.8, 4) is 11.5 Å². The number of hydrogen-bond donors (Lipinski definition) is 1. The average molecular weight is 520 g/mol. The summed E-state index contributed by atoms with van der Waals surface area (Å²) in [4.78, 5) is 29.2. The van der Waals surface area contributed by atoms with Crippen LogP contribution in [0.1, 0.15) is 39.2 Å². The van der Waals surface area contributed by atoms with Gasteiger partial charge in [0, 0.05) is 44.3 Å². The zero-order valence-electron chi connectivity index (χ0n) is 22.4. The first-order valence-corrected chi connectivity index (χ1v) is 13.4. The number of pyridine rings is 1. The fraction of sp³-hybridized carbons (Fsp3) is 0.467. The minimum Gasteiger partial charge on any atom is -0.486 e. The van der Waals surface area contributed by atoms with E-state index in [1.54, 1.807) is 11.0 Å². The van der Waals surface area contributed by atoms with Gasteiger partial charge in [-0.3, -0.25) is 9.69 Å². The van der Waals surface area contributed by atoms with Crippen molar-refractivity contribution in [3.05, 3.63) is 70.5 Å². The molecule has 2 atom stereocenters. The van der Waals surface area contributed by atoms with Crippen molar-refractivity contribution in [1.82, 2.24) is 14.4 Å². The van der Waals surface area contributed by atoms with E-state index < -0.39 is 6.09 Å². The van der Waals surface area contributed by atoms with E-state index in [1.165, 1.54) is 0 Å². The number of carbonyl (C=O) groups is 1. The lowest BCUT2D eigenvalue weighted by Crippen LogP contribution is -2.55. The fourth-order valence-corrected chi connectivity index (χ4v) is 5.89. The van der Waals surface area contributed by atoms with E-state index in [1.807, 2.05) is 53.1 Å². The molecule has 5 rings (SSSR count). The number of nitrogens with zero attached hydrogens (tertiary/aromatic N) is 3. The maximum absolute atomic E-state index is 12.7. The third kappa shape index (κ3) is 5.50. The van der Waals surface area contributed by atoms with Crippen LogP contribution in [0.4, 0.5) is 4.79 Å². The Bertz CT molecular complexity index is 1360. The Morgan fingerprint density at radius 2 is 1.79 bits per heavy atom. The topological polar surface area (TPSA) is 84.2 Å². The van der Waals surface area contributed by atoms with E-state index in [2.05, 4.69) is 25.7 Å². The first kappa shape index (κ1) is 26.1. The lowest BCUT2D eigenvalue weighted by molar-refractivity contribution is 0.0131. The Kier molecular flexibility index (Phi) is 7.34. The summed E-state index contributed by atoms with van der Waals surface area (Å²) in [5.41, 5.74) is 1.78. The Balaban J connectivity index is 1.32. The molecule has 0 spiro atoms. The first-order valence-electron chi connectivity index (χ1n) is 13.4. The summed E-state index contributed by atoms with van der Waals surface area (Å²) in [5.74, 6) is 1.37. The highest BCUT2D eigenvalue weighted by Crippen LogP contribution is 2.35. The predicted octanol–water partition coefficient (Wildman–Crippen LogP) is 4.83. The number of aromatic nitrogens is 1. The number of ether oxygens (including phenoxy) is 2. The molecule has 2 unspecified atom stereocenters. The molecule has 1 fully saturated rings. The van der Waals surface area contributed by atoms with Crippen molar-refractivity contribution < 1.29 is 19.4 Å². The van der Waals surface area contributed by atoms with E-state index in [0.717, 1.165) is 42.4 Å². The molecular weight excluding hydrogens is 482 g/mol. The van der Waals surface area contributed by atoms with Crippen LogP contribution in [-0.2, 0) is 13.1 Å². The van der Waals surface area contributed by atoms with Gasteiger partial charge in [-0.05, 0) is 53.5 Å². The van der Waals surface area contributed by atoms with E-state index >= 15 is 0 Å². The smallest absolute Gasteiger partial charge is 0.407 e. The molecule has 2 aliphatic rings. The minimum absolute atomic E-state index is 0.00220. The van der Waals surface area contributed by atoms with Crippen molar-refractivity contribution in [2.24, 2.45) is 5.41 Å². The molecule has 0 aliphatic carbocycles. The van der Waals surface area contributed by atoms with Crippen LogP contribution in [0, 0.1) is 5.41 Å². The molecule has 2 aromatic carbocycles. The summed E-state index contributed by atoms with van der Waals surface area (Å²) in [6, 6.07) is 17.2. The van der Waals surface area contributed by atoms with Crippen molar-refractivity contribution in [2.45, 2.75) is 58.8 Å². The maximum atomic E-state index is 12.7. The van der Waals surface area contributed by atoms with Crippen LogP contribution in [0.25, 0.3) is 10.9 Å². The van der Waals surface area contributed by atoms with Gasteiger partial charge in [0.25, 0.3) is 5.56 Å². The molecular formula is C30H37N3O5. The molecule has 1 saturated heterocycles. The van der Waals surface area contributed by atoms with Crippen LogP contribution in [-0.4, -0.2) is 64.0 Å². The van der Waals surface area contributed by atoms with E-state index in [0.29, 0.717) is 37.8 Å². The van der Waals surface area contributed by atoms with Gasteiger partial charge < -0.3 is 24.0 Å². The first-order chi connectivity index (χ1) is 18.2. The van der Waals surface area contributed by atoms with E-state index in [-0.39, 0.29) is 23.1 Å². The standard InChI is InChI=1S/C30H37N3O5/c1-30(2,3)27-19-23(33(29(35)36)20-21-8-10-25-26(18-21)38-17-16-37-25)12-13-31(27)14-15-32-24-7-5-4-6-22(24)9-11-28(32)34/h4-11,18,23,27H,12-17,19-20H2,1-3H3,(H,35,36). The Hall–Kier alpha value is -3.52. The lowest BCUT2D eigenvalue weighted by Gasteiger charge is -2.48. The molecule has 8 heteroatoms. The molecule has 0 saturated carbocycles. The highest BCUT2D eigenvalue weighted by molar-refractivity contribution is 5.78. The highest BCUT2D eigenvalue weighted by Gasteiger charge is 2.39. The van der Waals surface area contributed by atoms with Crippen LogP contribution in [0.2, 0.25) is 0 Å². The van der Waals surface area contributed by atoms with Crippen LogP contribution >= 0.6 is 0 Å². The number of rotatable bonds is 6. The van der Waals surface area contributed by atoms with Gasteiger partial charge in [0.15, 0.2) is 11.5 Å². The largest absolute Gasteiger partial charge is 0.486 e. The van der Waals surface area contributed by atoms with Gasteiger partial charge in [-0.25, -0.2) is 4.79 Å². The number of amides is 1. The van der Waals surface area contributed by atoms with Crippen molar-refractivity contribution in [3.63, 3.8) is 0 Å². The van der Waals surface area contributed by atoms with Gasteiger partial charge in [0.05, 0.1) is 5.52 Å². The number of fused-ring (bicyclic) bond motifs is 2. The third-order valence-corrected chi connectivity index (χ3v) is 7.84. The van der Waals surface area contributed by atoms with Crippen LogP contribution in [0.5, 0.6) is 11.5 Å². The number of hydrogen-bond acceptors (Lipinski definition) is 5. The molecule has 3 heterocycles. The quantitative estimate of drug-likeness (QED) is 0.502. The minimum atomic E-state index is -0.909. The van der Waals surface area contributed by atoms with E-state index in [9.17, 15) is 14.7 Å². The number of para-hydroxylation sites is 1. The zero-order valence-corrected chi connectivity index (χ0v) is 22.4. The molecule has 0 radical (unpaired) electrons. The second kappa shape index (κ2) is 10.7. The molecule has 202 valence electrons. The lowest BCUT2D eigenvalue weighted by atomic mass is 9.78. The van der Waals surface area contributed by atoms with Crippen LogP contribution < -0.4 is 15.0 Å². The molecule has 3 aromatic rings. The average Bonchev–Trinajstić information content (AvgIpc) is 2.90. The van der Waals surface area contributed by atoms with Gasteiger partial charge in [-0.1, -0.05) is 45.0 Å². The van der Waals surface area contributed by atoms with Gasteiger partial charge in [-0.2, -0.15) is 0 Å². The molecule has 1 aromatic heterocycles. The van der Waals surface area contributed by atoms with Gasteiger partial charge in [0.1, 0.15) is 13.2 Å². The summed E-state index contributed by atoms with van der Waals surface area (Å²) in [6.07, 6.45) is 0.576. The number of likely N-dealkylation sites (tertiary alicyclic amines) is 1. The zero-order chi connectivity index (χ0) is 26.9. The monoisotopic (exact) mass is 519 g/mol. The Morgan fingerprint density at radius 1 is 1.03 bits per heavy atom. The molecule has 8 nitrogen and oxygen atoms in total. The van der Waals surface area contributed by atoms with Crippen LogP contribution in [0.3, 0.4) is 0 Å². The fourth-order valence-electron chi connectivity index (χ4n) is 5.89. The Morgan fingerprint density at radius 3 is 2.55 bits per heavy atom. The van der Waals surface area contributed by atoms with Gasteiger partial charge in [0.2, 0.25) is 0 Å². The SMILES string of the molecule is CC(C)(C)C1CC(N(Cc2ccc3c(c2)OCCO3)C(=O)O)CCN1CCn1c(=O)ccc2ccccc21. The summed E-state index contributed by atoms with van der Waals surface area (Å²) in [6.45, 7) is 10.1. The molecule has 2 aliphatic heterocycles. The summed E-state index contributed by atoms with van der Waals surface area (Å²) in [7, 11) is 0. The van der Waals surface area contributed by atoms with Crippen LogP contribution in [0.15, 0.2) is 59.4 Å². The maximum Gasteiger partial charge on any atom is 0.407 e. The summed E-state index contributed by atoms with van der Waals surface area (Å²) in [5, 5.41) is 11.2. The Labute approximate surface area is 223 Å². The van der Waals surface area contributed by atoms with Gasteiger partial charge in [-0.15, -0.1) is 0 Å². The molecule has 1 N–H and O–H groups in total. The third-order valence-electron chi connectivity index (χ3n) is 7.84. The van der Waals surface area contributed by atoms with Crippen molar-refractivity contribution >= 4 is 17.0 Å². The molecule has 38 heavy (non-hydrogen) atoms. The molecule has 0 bridgehead atoms. The van der Waals surface area contributed by atoms with Crippen molar-refractivity contribution in [2.75, 3.05) is 26.3 Å².